The van der Waals surface area contributed by atoms with Crippen LogP contribution in [0.5, 0.6) is 0 Å². The molecule has 2 N–H and O–H groups in total. The molecule has 1 fully saturated rings. The van der Waals surface area contributed by atoms with E-state index in [1.807, 2.05) is 0 Å². The highest BCUT2D eigenvalue weighted by Crippen LogP contribution is 2.33. The van der Waals surface area contributed by atoms with Crippen LogP contribution in [-0.2, 0) is 6.42 Å². The van der Waals surface area contributed by atoms with Gasteiger partial charge in [0.15, 0.2) is 0 Å². The number of hydrogen-bond acceptors (Lipinski definition) is 2. The van der Waals surface area contributed by atoms with Crippen LogP contribution in [0.15, 0.2) is 30.3 Å². The molecule has 1 unspecified atom stereocenters. The predicted molar refractivity (Wildman–Crippen MR) is 86.8 cm³/mol. The van der Waals surface area contributed by atoms with Crippen LogP contribution in [0.1, 0.15) is 45.1 Å². The van der Waals surface area contributed by atoms with Gasteiger partial charge in [-0.2, -0.15) is 0 Å². The number of likely N-dealkylation sites (tertiary alicyclic amines) is 1. The Morgan fingerprint density at radius 1 is 1.20 bits per heavy atom. The minimum absolute atomic E-state index is 0.307. The van der Waals surface area contributed by atoms with Gasteiger partial charge in [-0.1, -0.05) is 50.6 Å². The van der Waals surface area contributed by atoms with E-state index in [-0.39, 0.29) is 0 Å². The summed E-state index contributed by atoms with van der Waals surface area (Å²) in [4.78, 5) is 2.56. The van der Waals surface area contributed by atoms with Crippen molar-refractivity contribution in [3.63, 3.8) is 0 Å². The van der Waals surface area contributed by atoms with E-state index >= 15 is 0 Å². The van der Waals surface area contributed by atoms with Gasteiger partial charge < -0.3 is 10.6 Å². The average molecular weight is 274 g/mol. The molecule has 1 saturated heterocycles. The Morgan fingerprint density at radius 2 is 1.85 bits per heavy atom. The van der Waals surface area contributed by atoms with Crippen molar-refractivity contribution in [1.82, 2.24) is 4.90 Å². The van der Waals surface area contributed by atoms with Crippen molar-refractivity contribution in [2.75, 3.05) is 19.6 Å². The van der Waals surface area contributed by atoms with Gasteiger partial charge in [0.1, 0.15) is 0 Å². The molecule has 2 nitrogen and oxygen atoms in total. The summed E-state index contributed by atoms with van der Waals surface area (Å²) >= 11 is 0. The van der Waals surface area contributed by atoms with Gasteiger partial charge in [-0.25, -0.2) is 0 Å². The molecule has 2 rings (SSSR count). The van der Waals surface area contributed by atoms with Gasteiger partial charge in [0.2, 0.25) is 0 Å². The van der Waals surface area contributed by atoms with E-state index in [9.17, 15) is 0 Å². The lowest BCUT2D eigenvalue weighted by molar-refractivity contribution is 0.109. The fourth-order valence-corrected chi connectivity index (χ4v) is 3.05. The maximum atomic E-state index is 6.31. The van der Waals surface area contributed by atoms with E-state index in [1.54, 1.807) is 0 Å². The van der Waals surface area contributed by atoms with Crippen molar-refractivity contribution in [2.24, 2.45) is 11.1 Å². The first-order valence-corrected chi connectivity index (χ1v) is 8.13. The van der Waals surface area contributed by atoms with E-state index in [0.29, 0.717) is 11.5 Å². The molecular formula is C18H30N2. The maximum Gasteiger partial charge on any atom is 0.0170 e. The van der Waals surface area contributed by atoms with Crippen LogP contribution in [0, 0.1) is 5.41 Å². The molecule has 1 atom stereocenters. The number of piperidine rings is 1. The molecule has 0 aliphatic carbocycles. The van der Waals surface area contributed by atoms with Gasteiger partial charge in [0.05, 0.1) is 0 Å². The summed E-state index contributed by atoms with van der Waals surface area (Å²) in [6.07, 6.45) is 6.15. The van der Waals surface area contributed by atoms with Crippen LogP contribution in [0.2, 0.25) is 0 Å². The van der Waals surface area contributed by atoms with Gasteiger partial charge in [0.25, 0.3) is 0 Å². The fourth-order valence-electron chi connectivity index (χ4n) is 3.05. The van der Waals surface area contributed by atoms with Gasteiger partial charge in [0, 0.05) is 12.6 Å². The normalized spacial score (nSPS) is 20.8. The molecule has 20 heavy (non-hydrogen) atoms. The van der Waals surface area contributed by atoms with Crippen molar-refractivity contribution in [2.45, 2.75) is 52.0 Å². The zero-order chi connectivity index (χ0) is 14.4. The lowest BCUT2D eigenvalue weighted by Crippen LogP contribution is -2.44. The van der Waals surface area contributed by atoms with E-state index in [1.165, 1.54) is 37.9 Å². The maximum absolute atomic E-state index is 6.31. The summed E-state index contributed by atoms with van der Waals surface area (Å²) < 4.78 is 0. The zero-order valence-electron chi connectivity index (χ0n) is 13.1. The van der Waals surface area contributed by atoms with Crippen LogP contribution in [0.25, 0.3) is 0 Å². The minimum Gasteiger partial charge on any atom is -0.327 e. The first-order chi connectivity index (χ1) is 9.61. The highest BCUT2D eigenvalue weighted by Gasteiger charge is 2.28. The second-order valence-electron chi connectivity index (χ2n) is 6.75. The van der Waals surface area contributed by atoms with Gasteiger partial charge in [-0.05, 0) is 49.8 Å². The van der Waals surface area contributed by atoms with Gasteiger partial charge in [-0.15, -0.1) is 0 Å². The van der Waals surface area contributed by atoms with E-state index in [2.05, 4.69) is 49.1 Å². The Bertz CT molecular complexity index is 380. The van der Waals surface area contributed by atoms with Crippen molar-refractivity contribution in [1.29, 1.82) is 0 Å². The monoisotopic (exact) mass is 274 g/mol. The van der Waals surface area contributed by atoms with Crippen LogP contribution in [0.4, 0.5) is 0 Å². The van der Waals surface area contributed by atoms with Crippen LogP contribution in [0.3, 0.4) is 0 Å². The number of hydrogen-bond donors (Lipinski definition) is 1. The summed E-state index contributed by atoms with van der Waals surface area (Å²) in [6, 6.07) is 11.0. The number of rotatable bonds is 6. The highest BCUT2D eigenvalue weighted by molar-refractivity contribution is 5.14. The summed E-state index contributed by atoms with van der Waals surface area (Å²) in [7, 11) is 0. The molecular weight excluding hydrogens is 244 g/mol. The molecule has 1 aromatic carbocycles. The SMILES string of the molecule is CCC1(C)CCN(CC(N)CCc2ccccc2)CC1. The molecule has 2 heteroatoms. The third-order valence-electron chi connectivity index (χ3n) is 5.06. The van der Waals surface area contributed by atoms with Gasteiger partial charge >= 0.3 is 0 Å². The largest absolute Gasteiger partial charge is 0.327 e. The van der Waals surface area contributed by atoms with Crippen molar-refractivity contribution < 1.29 is 0 Å². The summed E-state index contributed by atoms with van der Waals surface area (Å²) in [5, 5.41) is 0. The Kier molecular flexibility index (Phi) is 5.62. The number of nitrogens with zero attached hydrogens (tertiary/aromatic N) is 1. The molecule has 0 bridgehead atoms. The second kappa shape index (κ2) is 7.24. The lowest BCUT2D eigenvalue weighted by Gasteiger charge is -2.39. The first kappa shape index (κ1) is 15.5. The van der Waals surface area contributed by atoms with Crippen molar-refractivity contribution >= 4 is 0 Å². The minimum atomic E-state index is 0.307. The summed E-state index contributed by atoms with van der Waals surface area (Å²) in [5.41, 5.74) is 8.29. The Labute approximate surface area is 124 Å². The van der Waals surface area contributed by atoms with E-state index in [4.69, 9.17) is 5.73 Å². The second-order valence-corrected chi connectivity index (χ2v) is 6.75. The first-order valence-electron chi connectivity index (χ1n) is 8.13. The molecule has 0 saturated carbocycles. The summed E-state index contributed by atoms with van der Waals surface area (Å²) in [5.74, 6) is 0. The third kappa shape index (κ3) is 4.60. The van der Waals surface area contributed by atoms with Gasteiger partial charge in [-0.3, -0.25) is 0 Å². The van der Waals surface area contributed by atoms with E-state index < -0.39 is 0 Å². The zero-order valence-corrected chi connectivity index (χ0v) is 13.1. The molecule has 1 aliphatic heterocycles. The predicted octanol–water partition coefficient (Wildman–Crippen LogP) is 3.46. The molecule has 112 valence electrons. The Balaban J connectivity index is 1.69. The van der Waals surface area contributed by atoms with Crippen molar-refractivity contribution in [3.8, 4) is 0 Å². The number of aryl methyl sites for hydroxylation is 1. The molecule has 0 radical (unpaired) electrons. The van der Waals surface area contributed by atoms with Crippen molar-refractivity contribution in [3.05, 3.63) is 35.9 Å². The third-order valence-corrected chi connectivity index (χ3v) is 5.06. The Hall–Kier alpha value is -0.860. The lowest BCUT2D eigenvalue weighted by atomic mass is 9.78. The summed E-state index contributed by atoms with van der Waals surface area (Å²) in [6.45, 7) is 8.26. The van der Waals surface area contributed by atoms with Crippen LogP contribution < -0.4 is 5.73 Å². The topological polar surface area (TPSA) is 29.3 Å². The number of benzene rings is 1. The highest BCUT2D eigenvalue weighted by atomic mass is 15.1. The Morgan fingerprint density at radius 3 is 2.45 bits per heavy atom. The van der Waals surface area contributed by atoms with Crippen LogP contribution in [-0.4, -0.2) is 30.6 Å². The number of nitrogens with two attached hydrogens (primary N) is 1. The molecule has 1 heterocycles. The molecule has 1 aromatic rings. The van der Waals surface area contributed by atoms with E-state index in [0.717, 1.165) is 19.4 Å². The smallest absolute Gasteiger partial charge is 0.0170 e. The molecule has 1 aliphatic rings. The quantitative estimate of drug-likeness (QED) is 0.861. The van der Waals surface area contributed by atoms with Crippen LogP contribution >= 0.6 is 0 Å². The average Bonchev–Trinajstić information content (AvgIpc) is 2.49. The molecule has 0 amide bonds. The molecule has 0 aromatic heterocycles. The molecule has 0 spiro atoms. The fraction of sp³-hybridized carbons (Fsp3) is 0.667. The standard InChI is InChI=1S/C18H30N2/c1-3-18(2)11-13-20(14-12-18)15-17(19)10-9-16-7-5-4-6-8-16/h4-8,17H,3,9-15,19H2,1-2H3.